The highest BCUT2D eigenvalue weighted by Crippen LogP contribution is 2.43. The van der Waals surface area contributed by atoms with E-state index in [0.717, 1.165) is 47.4 Å². The Morgan fingerprint density at radius 3 is 2.83 bits per heavy atom. The number of esters is 1. The summed E-state index contributed by atoms with van der Waals surface area (Å²) in [6.45, 7) is 2.01. The molecule has 0 saturated carbocycles. The van der Waals surface area contributed by atoms with Gasteiger partial charge in [-0.05, 0) is 56.4 Å². The van der Waals surface area contributed by atoms with E-state index in [0.29, 0.717) is 16.3 Å². The van der Waals surface area contributed by atoms with Gasteiger partial charge in [0.1, 0.15) is 5.00 Å². The van der Waals surface area contributed by atoms with Gasteiger partial charge in [0.2, 0.25) is 11.8 Å². The van der Waals surface area contributed by atoms with Crippen LogP contribution in [0.5, 0.6) is 0 Å². The maximum Gasteiger partial charge on any atom is 0.341 e. The van der Waals surface area contributed by atoms with Gasteiger partial charge in [0.05, 0.1) is 17.4 Å². The van der Waals surface area contributed by atoms with E-state index in [2.05, 4.69) is 0 Å². The Hall–Kier alpha value is -2.32. The molecule has 1 aliphatic carbocycles. The first kappa shape index (κ1) is 20.9. The molecule has 1 aromatic heterocycles. The lowest BCUT2D eigenvalue weighted by atomic mass is 10.1. The number of nitrogens with zero attached hydrogens (tertiary/aromatic N) is 1. The monoisotopic (exact) mass is 444 g/mol. The molecule has 1 unspecified atom stereocenters. The number of rotatable bonds is 5. The smallest absolute Gasteiger partial charge is 0.341 e. The fourth-order valence-corrected chi connectivity index (χ4v) is 6.48. The summed E-state index contributed by atoms with van der Waals surface area (Å²) in [5, 5.41) is -0.0951. The van der Waals surface area contributed by atoms with Crippen LogP contribution in [-0.4, -0.2) is 29.6 Å². The molecule has 0 bridgehead atoms. The van der Waals surface area contributed by atoms with Crippen LogP contribution in [0, 0.1) is 0 Å². The van der Waals surface area contributed by atoms with Gasteiger partial charge in [-0.2, -0.15) is 0 Å². The average Bonchev–Trinajstić information content (AvgIpc) is 3.07. The van der Waals surface area contributed by atoms with Crippen LogP contribution in [0.1, 0.15) is 53.4 Å². The van der Waals surface area contributed by atoms with Crippen molar-refractivity contribution in [3.63, 3.8) is 0 Å². The van der Waals surface area contributed by atoms with Crippen LogP contribution >= 0.6 is 23.1 Å². The number of nitrogen functional groups attached to an aromatic ring is 1. The minimum atomic E-state index is -0.531. The van der Waals surface area contributed by atoms with Crippen LogP contribution in [0.2, 0.25) is 0 Å². The van der Waals surface area contributed by atoms with E-state index in [-0.39, 0.29) is 24.8 Å². The number of amides is 2. The van der Waals surface area contributed by atoms with E-state index in [9.17, 15) is 14.4 Å². The first-order chi connectivity index (χ1) is 14.5. The lowest BCUT2D eigenvalue weighted by Crippen LogP contribution is -2.32. The third kappa shape index (κ3) is 3.98. The molecule has 2 aliphatic rings. The highest BCUT2D eigenvalue weighted by atomic mass is 32.2. The van der Waals surface area contributed by atoms with Gasteiger partial charge in [-0.15, -0.1) is 23.1 Å². The zero-order valence-corrected chi connectivity index (χ0v) is 18.4. The summed E-state index contributed by atoms with van der Waals surface area (Å²) in [5.41, 5.74) is 7.82. The average molecular weight is 445 g/mol. The number of hydrogen-bond donors (Lipinski definition) is 1. The molecule has 1 atom stereocenters. The summed E-state index contributed by atoms with van der Waals surface area (Å²) in [4.78, 5) is 42.1. The van der Waals surface area contributed by atoms with Gasteiger partial charge in [0.25, 0.3) is 0 Å². The normalized spacial score (nSPS) is 19.0. The van der Waals surface area contributed by atoms with Crippen molar-refractivity contribution in [2.45, 2.75) is 55.6 Å². The molecule has 1 aliphatic heterocycles. The second-order valence-corrected chi connectivity index (χ2v) is 9.78. The second-order valence-electron chi connectivity index (χ2n) is 7.42. The minimum absolute atomic E-state index is 0.100. The maximum atomic E-state index is 13.2. The number of carbonyl (C=O) groups excluding carboxylic acids is 3. The molecule has 2 heterocycles. The van der Waals surface area contributed by atoms with Crippen molar-refractivity contribution < 1.29 is 19.1 Å². The fourth-order valence-electron chi connectivity index (χ4n) is 3.96. The van der Waals surface area contributed by atoms with Gasteiger partial charge in [0.15, 0.2) is 0 Å². The van der Waals surface area contributed by atoms with Crippen molar-refractivity contribution in [3.05, 3.63) is 40.3 Å². The van der Waals surface area contributed by atoms with Crippen LogP contribution in [-0.2, 0) is 27.2 Å². The number of hydrogen-bond acceptors (Lipinski definition) is 7. The summed E-state index contributed by atoms with van der Waals surface area (Å²) >= 11 is 2.73. The van der Waals surface area contributed by atoms with Crippen LogP contribution in [0.25, 0.3) is 0 Å². The Morgan fingerprint density at radius 2 is 2.07 bits per heavy atom. The molecule has 0 spiro atoms. The largest absolute Gasteiger partial charge is 0.462 e. The molecule has 30 heavy (non-hydrogen) atoms. The molecule has 6 nitrogen and oxygen atoms in total. The zero-order valence-electron chi connectivity index (χ0n) is 16.8. The highest BCUT2D eigenvalue weighted by molar-refractivity contribution is 8.00. The second kappa shape index (κ2) is 8.81. The third-order valence-corrected chi connectivity index (χ3v) is 7.78. The summed E-state index contributed by atoms with van der Waals surface area (Å²) in [6, 6.07) is 7.27. The number of thioether (sulfide) groups is 1. The van der Waals surface area contributed by atoms with Gasteiger partial charge in [-0.1, -0.05) is 12.5 Å². The predicted octanol–water partition coefficient (Wildman–Crippen LogP) is 4.20. The SMILES string of the molecule is CCOC(=O)c1c(N2C(=O)CC(Sc3cccc(N)c3)C2=O)sc2c1CCCCC2. The molecule has 2 N–H and O–H groups in total. The van der Waals surface area contributed by atoms with Crippen molar-refractivity contribution in [3.8, 4) is 0 Å². The van der Waals surface area contributed by atoms with Crippen LogP contribution < -0.4 is 10.6 Å². The highest BCUT2D eigenvalue weighted by Gasteiger charge is 2.43. The molecule has 2 aromatic rings. The molecule has 158 valence electrons. The molecular weight excluding hydrogens is 420 g/mol. The minimum Gasteiger partial charge on any atom is -0.462 e. The van der Waals surface area contributed by atoms with Crippen LogP contribution in [0.3, 0.4) is 0 Å². The Balaban J connectivity index is 1.68. The van der Waals surface area contributed by atoms with Crippen molar-refractivity contribution in [1.82, 2.24) is 0 Å². The molecule has 1 aromatic carbocycles. The number of carbonyl (C=O) groups is 3. The van der Waals surface area contributed by atoms with E-state index >= 15 is 0 Å². The lowest BCUT2D eigenvalue weighted by Gasteiger charge is -2.15. The maximum absolute atomic E-state index is 13.2. The van der Waals surface area contributed by atoms with Crippen molar-refractivity contribution in [2.24, 2.45) is 0 Å². The van der Waals surface area contributed by atoms with Gasteiger partial charge >= 0.3 is 5.97 Å². The lowest BCUT2D eigenvalue weighted by molar-refractivity contribution is -0.121. The van der Waals surface area contributed by atoms with Crippen LogP contribution in [0.15, 0.2) is 29.2 Å². The summed E-state index contributed by atoms with van der Waals surface area (Å²) in [6.07, 6.45) is 4.89. The Kier molecular flexibility index (Phi) is 6.15. The van der Waals surface area contributed by atoms with Crippen LogP contribution in [0.4, 0.5) is 10.7 Å². The Labute approximate surface area is 183 Å². The zero-order chi connectivity index (χ0) is 21.3. The predicted molar refractivity (Wildman–Crippen MR) is 119 cm³/mol. The quantitative estimate of drug-likeness (QED) is 0.322. The van der Waals surface area contributed by atoms with Gasteiger partial charge < -0.3 is 10.5 Å². The van der Waals surface area contributed by atoms with Crippen molar-refractivity contribution >= 4 is 51.6 Å². The summed E-state index contributed by atoms with van der Waals surface area (Å²) in [5.74, 6) is -1.00. The van der Waals surface area contributed by atoms with Gasteiger partial charge in [0, 0.05) is 21.9 Å². The number of thiophene rings is 1. The Morgan fingerprint density at radius 1 is 1.27 bits per heavy atom. The molecular formula is C22H24N2O4S2. The number of nitrogens with two attached hydrogens (primary N) is 1. The van der Waals surface area contributed by atoms with E-state index in [1.165, 1.54) is 28.0 Å². The van der Waals surface area contributed by atoms with Gasteiger partial charge in [-0.25, -0.2) is 9.69 Å². The molecule has 1 fully saturated rings. The summed E-state index contributed by atoms with van der Waals surface area (Å²) in [7, 11) is 0. The van der Waals surface area contributed by atoms with E-state index in [4.69, 9.17) is 10.5 Å². The van der Waals surface area contributed by atoms with E-state index in [1.54, 1.807) is 19.1 Å². The van der Waals surface area contributed by atoms with Crippen molar-refractivity contribution in [1.29, 1.82) is 0 Å². The molecule has 2 amide bonds. The number of benzene rings is 1. The van der Waals surface area contributed by atoms with Crippen molar-refractivity contribution in [2.75, 3.05) is 17.2 Å². The molecule has 8 heteroatoms. The van der Waals surface area contributed by atoms with E-state index in [1.807, 2.05) is 12.1 Å². The Bertz CT molecular complexity index is 1000. The molecule has 1 saturated heterocycles. The summed E-state index contributed by atoms with van der Waals surface area (Å²) < 4.78 is 5.30. The number of fused-ring (bicyclic) bond motifs is 1. The topological polar surface area (TPSA) is 89.7 Å². The third-order valence-electron chi connectivity index (χ3n) is 5.33. The first-order valence-electron chi connectivity index (χ1n) is 10.2. The van der Waals surface area contributed by atoms with E-state index < -0.39 is 11.2 Å². The number of imide groups is 1. The first-order valence-corrected chi connectivity index (χ1v) is 11.9. The number of aryl methyl sites for hydroxylation is 1. The molecule has 4 rings (SSSR count). The standard InChI is InChI=1S/C22H24N2O4S2/c1-2-28-22(27)19-15-9-4-3-5-10-16(15)30-21(19)24-18(25)12-17(20(24)26)29-14-8-6-7-13(23)11-14/h6-8,11,17H,2-5,9-10,12,23H2,1H3. The fraction of sp³-hybridized carbons (Fsp3) is 0.409. The van der Waals surface area contributed by atoms with Gasteiger partial charge in [-0.3, -0.25) is 9.59 Å². The number of ether oxygens (including phenoxy) is 1. The molecule has 0 radical (unpaired) electrons. The number of anilines is 2.